The summed E-state index contributed by atoms with van der Waals surface area (Å²) >= 11 is 0. The summed E-state index contributed by atoms with van der Waals surface area (Å²) in [6.45, 7) is 0. The standard InChI is InChI=1S/C8H15N7/c9-3(10)1-2-4(11)6(13)8(15)7(14)5(2)12/h1H,9-15H2. The maximum absolute atomic E-state index is 5.71. The summed E-state index contributed by atoms with van der Waals surface area (Å²) in [6, 6.07) is 0. The van der Waals surface area contributed by atoms with Gasteiger partial charge < -0.3 is 40.1 Å². The van der Waals surface area contributed by atoms with Gasteiger partial charge in [0.1, 0.15) is 0 Å². The first-order chi connectivity index (χ1) is 6.86. The van der Waals surface area contributed by atoms with Gasteiger partial charge in [0.25, 0.3) is 0 Å². The highest BCUT2D eigenvalue weighted by atomic mass is 14.8. The molecular weight excluding hydrogens is 194 g/mol. The number of rotatable bonds is 1. The lowest BCUT2D eigenvalue weighted by Crippen LogP contribution is -2.12. The third kappa shape index (κ3) is 1.62. The zero-order chi connectivity index (χ0) is 11.7. The minimum Gasteiger partial charge on any atom is -0.396 e. The Bertz CT molecular complexity index is 402. The summed E-state index contributed by atoms with van der Waals surface area (Å²) in [5, 5.41) is 0. The molecule has 14 N–H and O–H groups in total. The summed E-state index contributed by atoms with van der Waals surface area (Å²) in [6.07, 6.45) is 1.39. The summed E-state index contributed by atoms with van der Waals surface area (Å²) < 4.78 is 0. The number of benzene rings is 1. The van der Waals surface area contributed by atoms with Gasteiger partial charge in [-0.15, -0.1) is 0 Å². The zero-order valence-corrected chi connectivity index (χ0v) is 8.12. The second-order valence-electron chi connectivity index (χ2n) is 3.13. The van der Waals surface area contributed by atoms with E-state index in [-0.39, 0.29) is 34.3 Å². The summed E-state index contributed by atoms with van der Waals surface area (Å²) in [7, 11) is 0. The van der Waals surface area contributed by atoms with Gasteiger partial charge in [-0.2, -0.15) is 0 Å². The molecule has 0 aliphatic carbocycles. The lowest BCUT2D eigenvalue weighted by Gasteiger charge is -2.14. The normalized spacial score (nSPS) is 9.87. The van der Waals surface area contributed by atoms with E-state index in [0.29, 0.717) is 5.56 Å². The molecule has 0 amide bonds. The number of nitrogen functional groups attached to an aromatic ring is 5. The van der Waals surface area contributed by atoms with E-state index in [2.05, 4.69) is 0 Å². The third-order valence-corrected chi connectivity index (χ3v) is 2.05. The Labute approximate surface area is 86.9 Å². The molecule has 0 fully saturated rings. The van der Waals surface area contributed by atoms with Crippen molar-refractivity contribution in [1.29, 1.82) is 0 Å². The van der Waals surface area contributed by atoms with E-state index in [0.717, 1.165) is 0 Å². The van der Waals surface area contributed by atoms with Gasteiger partial charge in [-0.3, -0.25) is 0 Å². The number of anilines is 5. The van der Waals surface area contributed by atoms with E-state index in [9.17, 15) is 0 Å². The average molecular weight is 209 g/mol. The van der Waals surface area contributed by atoms with E-state index in [4.69, 9.17) is 40.1 Å². The molecule has 0 aliphatic heterocycles. The van der Waals surface area contributed by atoms with E-state index in [1.807, 2.05) is 0 Å². The Morgan fingerprint density at radius 3 is 1.33 bits per heavy atom. The van der Waals surface area contributed by atoms with Crippen molar-refractivity contribution in [3.05, 3.63) is 11.4 Å². The SMILES string of the molecule is NC(N)=Cc1c(N)c(N)c(N)c(N)c1N. The summed E-state index contributed by atoms with van der Waals surface area (Å²) in [5.41, 5.74) is 40.2. The Balaban J connectivity index is 3.60. The highest BCUT2D eigenvalue weighted by Gasteiger charge is 2.14. The van der Waals surface area contributed by atoms with Gasteiger partial charge in [0, 0.05) is 5.56 Å². The molecule has 0 bridgehead atoms. The zero-order valence-electron chi connectivity index (χ0n) is 8.12. The molecule has 1 rings (SSSR count). The van der Waals surface area contributed by atoms with Gasteiger partial charge in [-0.25, -0.2) is 0 Å². The lowest BCUT2D eigenvalue weighted by molar-refractivity contribution is 1.28. The van der Waals surface area contributed by atoms with Crippen LogP contribution in [0.15, 0.2) is 5.82 Å². The van der Waals surface area contributed by atoms with Crippen molar-refractivity contribution in [2.75, 3.05) is 28.7 Å². The van der Waals surface area contributed by atoms with Crippen molar-refractivity contribution < 1.29 is 0 Å². The molecule has 15 heavy (non-hydrogen) atoms. The van der Waals surface area contributed by atoms with Crippen LogP contribution < -0.4 is 40.1 Å². The van der Waals surface area contributed by atoms with Crippen LogP contribution in [0.5, 0.6) is 0 Å². The fourth-order valence-corrected chi connectivity index (χ4v) is 1.19. The van der Waals surface area contributed by atoms with Crippen molar-refractivity contribution in [1.82, 2.24) is 0 Å². The molecule has 0 radical (unpaired) electrons. The first-order valence-corrected chi connectivity index (χ1v) is 4.10. The Morgan fingerprint density at radius 1 is 0.667 bits per heavy atom. The van der Waals surface area contributed by atoms with E-state index in [1.54, 1.807) is 0 Å². The van der Waals surface area contributed by atoms with Gasteiger partial charge in [0.05, 0.1) is 34.3 Å². The number of hydrogen-bond acceptors (Lipinski definition) is 7. The van der Waals surface area contributed by atoms with Crippen LogP contribution in [0.1, 0.15) is 5.56 Å². The minimum absolute atomic E-state index is 0.0528. The Kier molecular flexibility index (Phi) is 2.39. The first kappa shape index (κ1) is 10.6. The second-order valence-corrected chi connectivity index (χ2v) is 3.13. The van der Waals surface area contributed by atoms with Gasteiger partial charge in [-0.1, -0.05) is 0 Å². The molecular formula is C8H15N7. The smallest absolute Gasteiger partial charge is 0.0941 e. The summed E-state index contributed by atoms with van der Waals surface area (Å²) in [4.78, 5) is 0. The lowest BCUT2D eigenvalue weighted by atomic mass is 10.1. The molecule has 0 saturated heterocycles. The van der Waals surface area contributed by atoms with E-state index in [1.165, 1.54) is 6.08 Å². The van der Waals surface area contributed by atoms with Gasteiger partial charge in [0.2, 0.25) is 0 Å². The van der Waals surface area contributed by atoms with Crippen molar-refractivity contribution >= 4 is 34.5 Å². The Hall–Kier alpha value is -2.44. The van der Waals surface area contributed by atoms with Gasteiger partial charge in [-0.05, 0) is 6.08 Å². The molecule has 0 saturated carbocycles. The average Bonchev–Trinajstić information content (AvgIpc) is 2.18. The van der Waals surface area contributed by atoms with Crippen LogP contribution in [0.25, 0.3) is 6.08 Å². The molecule has 0 spiro atoms. The van der Waals surface area contributed by atoms with Gasteiger partial charge >= 0.3 is 0 Å². The van der Waals surface area contributed by atoms with Crippen LogP contribution >= 0.6 is 0 Å². The van der Waals surface area contributed by atoms with Gasteiger partial charge in [0.15, 0.2) is 0 Å². The summed E-state index contributed by atoms with van der Waals surface area (Å²) in [5.74, 6) is 0.0528. The molecule has 1 aromatic carbocycles. The van der Waals surface area contributed by atoms with Crippen LogP contribution in [0, 0.1) is 0 Å². The molecule has 0 aliphatic rings. The maximum Gasteiger partial charge on any atom is 0.0941 e. The highest BCUT2D eigenvalue weighted by Crippen LogP contribution is 2.38. The minimum atomic E-state index is 0.0528. The molecule has 7 heteroatoms. The molecule has 7 nitrogen and oxygen atoms in total. The monoisotopic (exact) mass is 209 g/mol. The molecule has 0 unspecified atom stereocenters. The van der Waals surface area contributed by atoms with Crippen LogP contribution in [0.3, 0.4) is 0 Å². The van der Waals surface area contributed by atoms with Crippen LogP contribution in [0.4, 0.5) is 28.4 Å². The predicted molar refractivity (Wildman–Crippen MR) is 64.9 cm³/mol. The molecule has 82 valence electrons. The van der Waals surface area contributed by atoms with Crippen molar-refractivity contribution in [2.24, 2.45) is 11.5 Å². The molecule has 0 aromatic heterocycles. The van der Waals surface area contributed by atoms with Crippen molar-refractivity contribution in [2.45, 2.75) is 0 Å². The maximum atomic E-state index is 5.71. The van der Waals surface area contributed by atoms with Crippen molar-refractivity contribution in [3.8, 4) is 0 Å². The second kappa shape index (κ2) is 3.37. The number of nitrogens with two attached hydrogens (primary N) is 7. The molecule has 0 atom stereocenters. The third-order valence-electron chi connectivity index (χ3n) is 2.05. The Morgan fingerprint density at radius 2 is 1.00 bits per heavy atom. The largest absolute Gasteiger partial charge is 0.396 e. The fourth-order valence-electron chi connectivity index (χ4n) is 1.19. The highest BCUT2D eigenvalue weighted by molar-refractivity contribution is 6.00. The van der Waals surface area contributed by atoms with Crippen molar-refractivity contribution in [3.63, 3.8) is 0 Å². The predicted octanol–water partition coefficient (Wildman–Crippen LogP) is -1.19. The molecule has 1 aromatic rings. The fraction of sp³-hybridized carbons (Fsp3) is 0. The van der Waals surface area contributed by atoms with Crippen LogP contribution in [-0.2, 0) is 0 Å². The van der Waals surface area contributed by atoms with Crippen LogP contribution in [0.2, 0.25) is 0 Å². The van der Waals surface area contributed by atoms with E-state index >= 15 is 0 Å². The molecule has 0 heterocycles. The first-order valence-electron chi connectivity index (χ1n) is 4.10. The van der Waals surface area contributed by atoms with Crippen LogP contribution in [-0.4, -0.2) is 0 Å². The number of hydrogen-bond donors (Lipinski definition) is 7. The quantitative estimate of drug-likeness (QED) is 0.284. The van der Waals surface area contributed by atoms with E-state index < -0.39 is 0 Å². The topological polar surface area (TPSA) is 182 Å².